The van der Waals surface area contributed by atoms with Gasteiger partial charge in [-0.15, -0.1) is 0 Å². The number of aliphatic hydroxyl groups is 1. The Morgan fingerprint density at radius 3 is 2.20 bits per heavy atom. The van der Waals surface area contributed by atoms with Gasteiger partial charge < -0.3 is 10.4 Å². The highest BCUT2D eigenvalue weighted by molar-refractivity contribution is 5.17. The summed E-state index contributed by atoms with van der Waals surface area (Å²) < 4.78 is 12.9. The number of hydrogen-bond acceptors (Lipinski definition) is 2. The molecule has 1 aromatic rings. The fourth-order valence-corrected chi connectivity index (χ4v) is 2.44. The van der Waals surface area contributed by atoms with Gasteiger partial charge in [-0.1, -0.05) is 32.9 Å². The topological polar surface area (TPSA) is 32.3 Å². The van der Waals surface area contributed by atoms with Crippen molar-refractivity contribution < 1.29 is 9.50 Å². The van der Waals surface area contributed by atoms with E-state index in [1.54, 1.807) is 0 Å². The summed E-state index contributed by atoms with van der Waals surface area (Å²) >= 11 is 0. The van der Waals surface area contributed by atoms with E-state index in [9.17, 15) is 9.50 Å². The van der Waals surface area contributed by atoms with E-state index in [0.29, 0.717) is 17.9 Å². The van der Waals surface area contributed by atoms with Gasteiger partial charge in [0.25, 0.3) is 0 Å². The van der Waals surface area contributed by atoms with Gasteiger partial charge in [0.1, 0.15) is 5.82 Å². The van der Waals surface area contributed by atoms with Gasteiger partial charge in [-0.2, -0.15) is 0 Å². The predicted molar refractivity (Wildman–Crippen MR) is 82.2 cm³/mol. The van der Waals surface area contributed by atoms with Crippen molar-refractivity contribution >= 4 is 0 Å². The van der Waals surface area contributed by atoms with Crippen LogP contribution < -0.4 is 5.32 Å². The Bertz CT molecular complexity index is 375. The number of rotatable bonds is 8. The van der Waals surface area contributed by atoms with Crippen molar-refractivity contribution in [1.82, 2.24) is 5.32 Å². The summed E-state index contributed by atoms with van der Waals surface area (Å²) in [5, 5.41) is 13.0. The van der Waals surface area contributed by atoms with E-state index < -0.39 is 0 Å². The Morgan fingerprint density at radius 2 is 1.70 bits per heavy atom. The largest absolute Gasteiger partial charge is 0.393 e. The van der Waals surface area contributed by atoms with Crippen LogP contribution in [0.2, 0.25) is 0 Å². The van der Waals surface area contributed by atoms with E-state index in [-0.39, 0.29) is 11.9 Å². The Hall–Kier alpha value is -0.930. The highest BCUT2D eigenvalue weighted by Crippen LogP contribution is 2.13. The molecule has 0 aliphatic heterocycles. The zero-order valence-electron chi connectivity index (χ0n) is 13.1. The number of nitrogens with one attached hydrogen (secondary N) is 1. The van der Waals surface area contributed by atoms with Crippen LogP contribution in [0, 0.1) is 17.7 Å². The standard InChI is InChI=1S/C17H28FNO/c1-12(2)17(19-11-13(3)9-14(4)20)10-15-5-7-16(18)8-6-15/h5-8,12-14,17,19-20H,9-11H2,1-4H3. The Labute approximate surface area is 122 Å². The van der Waals surface area contributed by atoms with Crippen molar-refractivity contribution in [3.63, 3.8) is 0 Å². The van der Waals surface area contributed by atoms with Crippen LogP contribution >= 0.6 is 0 Å². The van der Waals surface area contributed by atoms with Crippen LogP contribution in [0.4, 0.5) is 4.39 Å². The minimum absolute atomic E-state index is 0.187. The summed E-state index contributed by atoms with van der Waals surface area (Å²) in [7, 11) is 0. The maximum atomic E-state index is 12.9. The molecule has 2 N–H and O–H groups in total. The molecule has 1 rings (SSSR count). The maximum absolute atomic E-state index is 12.9. The summed E-state index contributed by atoms with van der Waals surface area (Å²) in [6.45, 7) is 9.26. The van der Waals surface area contributed by atoms with Crippen molar-refractivity contribution in [2.45, 2.75) is 52.7 Å². The molecule has 0 fully saturated rings. The van der Waals surface area contributed by atoms with Gasteiger partial charge in [-0.3, -0.25) is 0 Å². The summed E-state index contributed by atoms with van der Waals surface area (Å²) in [5.41, 5.74) is 1.15. The molecule has 114 valence electrons. The average Bonchev–Trinajstić information content (AvgIpc) is 2.35. The maximum Gasteiger partial charge on any atom is 0.123 e. The normalized spacial score (nSPS) is 16.1. The lowest BCUT2D eigenvalue weighted by Gasteiger charge is -2.25. The third-order valence-electron chi connectivity index (χ3n) is 3.65. The summed E-state index contributed by atoms with van der Waals surface area (Å²) in [5.74, 6) is 0.775. The first-order chi connectivity index (χ1) is 9.38. The Kier molecular flexibility index (Phi) is 7.17. The first kappa shape index (κ1) is 17.1. The molecule has 3 heteroatoms. The van der Waals surface area contributed by atoms with Crippen LogP contribution in [0.3, 0.4) is 0 Å². The fraction of sp³-hybridized carbons (Fsp3) is 0.647. The van der Waals surface area contributed by atoms with Crippen LogP contribution in [0.15, 0.2) is 24.3 Å². The van der Waals surface area contributed by atoms with Gasteiger partial charge in [0.15, 0.2) is 0 Å². The molecule has 3 atom stereocenters. The van der Waals surface area contributed by atoms with E-state index >= 15 is 0 Å². The molecule has 2 nitrogen and oxygen atoms in total. The monoisotopic (exact) mass is 281 g/mol. The highest BCUT2D eigenvalue weighted by Gasteiger charge is 2.15. The number of benzene rings is 1. The number of hydrogen-bond donors (Lipinski definition) is 2. The minimum atomic E-state index is -0.249. The van der Waals surface area contributed by atoms with Gasteiger partial charge in [-0.25, -0.2) is 4.39 Å². The first-order valence-corrected chi connectivity index (χ1v) is 7.54. The van der Waals surface area contributed by atoms with E-state index in [2.05, 4.69) is 26.1 Å². The molecule has 0 aliphatic rings. The summed E-state index contributed by atoms with van der Waals surface area (Å²) in [6.07, 6.45) is 1.47. The van der Waals surface area contributed by atoms with Crippen LogP contribution in [0.5, 0.6) is 0 Å². The first-order valence-electron chi connectivity index (χ1n) is 7.54. The van der Waals surface area contributed by atoms with E-state index in [1.165, 1.54) is 12.1 Å². The van der Waals surface area contributed by atoms with Gasteiger partial charge in [0.2, 0.25) is 0 Å². The lowest BCUT2D eigenvalue weighted by molar-refractivity contribution is 0.161. The molecule has 0 aromatic heterocycles. The molecular weight excluding hydrogens is 253 g/mol. The van der Waals surface area contributed by atoms with Gasteiger partial charge in [0, 0.05) is 6.04 Å². The Morgan fingerprint density at radius 1 is 1.10 bits per heavy atom. The second-order valence-electron chi connectivity index (χ2n) is 6.28. The molecule has 0 bridgehead atoms. The molecular formula is C17H28FNO. The van der Waals surface area contributed by atoms with E-state index in [1.807, 2.05) is 19.1 Å². The van der Waals surface area contributed by atoms with Crippen molar-refractivity contribution in [3.05, 3.63) is 35.6 Å². The molecule has 3 unspecified atom stereocenters. The third kappa shape index (κ3) is 6.49. The number of aliphatic hydroxyl groups excluding tert-OH is 1. The fourth-order valence-electron chi connectivity index (χ4n) is 2.44. The van der Waals surface area contributed by atoms with E-state index in [4.69, 9.17) is 0 Å². The molecule has 20 heavy (non-hydrogen) atoms. The smallest absolute Gasteiger partial charge is 0.123 e. The third-order valence-corrected chi connectivity index (χ3v) is 3.65. The Balaban J connectivity index is 2.50. The zero-order valence-corrected chi connectivity index (χ0v) is 13.1. The van der Waals surface area contributed by atoms with Crippen molar-refractivity contribution in [2.24, 2.45) is 11.8 Å². The van der Waals surface area contributed by atoms with Gasteiger partial charge >= 0.3 is 0 Å². The molecule has 0 amide bonds. The average molecular weight is 281 g/mol. The molecule has 0 aliphatic carbocycles. The quantitative estimate of drug-likeness (QED) is 0.765. The highest BCUT2D eigenvalue weighted by atomic mass is 19.1. The second-order valence-corrected chi connectivity index (χ2v) is 6.28. The van der Waals surface area contributed by atoms with Crippen molar-refractivity contribution in [1.29, 1.82) is 0 Å². The lowest BCUT2D eigenvalue weighted by atomic mass is 9.95. The van der Waals surface area contributed by atoms with Crippen LogP contribution in [-0.4, -0.2) is 23.8 Å². The number of halogens is 1. The van der Waals surface area contributed by atoms with Crippen LogP contribution in [0.25, 0.3) is 0 Å². The van der Waals surface area contributed by atoms with Crippen LogP contribution in [0.1, 0.15) is 39.7 Å². The van der Waals surface area contributed by atoms with Gasteiger partial charge in [-0.05, 0) is 55.8 Å². The minimum Gasteiger partial charge on any atom is -0.393 e. The molecule has 0 radical (unpaired) electrons. The van der Waals surface area contributed by atoms with Crippen molar-refractivity contribution in [3.8, 4) is 0 Å². The SMILES string of the molecule is CC(O)CC(C)CNC(Cc1ccc(F)cc1)C(C)C. The van der Waals surface area contributed by atoms with Crippen molar-refractivity contribution in [2.75, 3.05) is 6.54 Å². The molecule has 0 spiro atoms. The second kappa shape index (κ2) is 8.38. The van der Waals surface area contributed by atoms with Crippen LogP contribution in [-0.2, 0) is 6.42 Å². The summed E-state index contributed by atoms with van der Waals surface area (Å²) in [6, 6.07) is 7.11. The lowest BCUT2D eigenvalue weighted by Crippen LogP contribution is -2.38. The van der Waals surface area contributed by atoms with E-state index in [0.717, 1.165) is 24.9 Å². The molecule has 0 saturated heterocycles. The molecule has 1 aromatic carbocycles. The zero-order chi connectivity index (χ0) is 15.1. The summed E-state index contributed by atoms with van der Waals surface area (Å²) in [4.78, 5) is 0. The molecule has 0 heterocycles. The molecule has 0 saturated carbocycles. The van der Waals surface area contributed by atoms with Gasteiger partial charge in [0.05, 0.1) is 6.10 Å². The predicted octanol–water partition coefficient (Wildman–Crippen LogP) is 3.39.